The van der Waals surface area contributed by atoms with E-state index in [1.807, 2.05) is 34.9 Å². The van der Waals surface area contributed by atoms with Crippen molar-refractivity contribution in [3.05, 3.63) is 88.2 Å². The molecule has 1 aliphatic rings. The van der Waals surface area contributed by atoms with Crippen LogP contribution in [0.2, 0.25) is 0 Å². The topological polar surface area (TPSA) is 52.2 Å². The second kappa shape index (κ2) is 6.53. The van der Waals surface area contributed by atoms with Gasteiger partial charge in [-0.3, -0.25) is 9.59 Å². The molecule has 4 aromatic rings. The van der Waals surface area contributed by atoms with Crippen molar-refractivity contribution in [2.75, 3.05) is 0 Å². The third-order valence-electron chi connectivity index (χ3n) is 5.32. The highest BCUT2D eigenvalue weighted by molar-refractivity contribution is 6.41. The first-order chi connectivity index (χ1) is 14.8. The molecule has 2 heterocycles. The summed E-state index contributed by atoms with van der Waals surface area (Å²) in [5, 5.41) is 0. The van der Waals surface area contributed by atoms with Crippen LogP contribution in [0.1, 0.15) is 26.5 Å². The smallest absolute Gasteiger partial charge is 0.201 e. The number of hydrogen-bond donors (Lipinski definition) is 0. The molecule has 2 aromatic heterocycles. The normalized spacial score (nSPS) is 13.4. The van der Waals surface area contributed by atoms with Crippen LogP contribution in [0.25, 0.3) is 28.4 Å². The lowest BCUT2D eigenvalue weighted by Gasteiger charge is -2.03. The Morgan fingerprint density at radius 3 is 1.97 bits per heavy atom. The fourth-order valence-corrected chi connectivity index (χ4v) is 3.79. The van der Waals surface area contributed by atoms with Crippen molar-refractivity contribution in [2.45, 2.75) is 0 Å². The Hall–Kier alpha value is -3.94. The molecular formula is C23H11F4NO3. The molecule has 2 aromatic carbocycles. The molecule has 0 atom stereocenters. The summed E-state index contributed by atoms with van der Waals surface area (Å²) in [6, 6.07) is 12.8. The number of fused-ring (bicyclic) bond motifs is 2. The highest BCUT2D eigenvalue weighted by Gasteiger charge is 2.42. The van der Waals surface area contributed by atoms with Crippen molar-refractivity contribution in [3.63, 3.8) is 0 Å². The van der Waals surface area contributed by atoms with Crippen molar-refractivity contribution < 1.29 is 31.6 Å². The quantitative estimate of drug-likeness (QED) is 0.141. The van der Waals surface area contributed by atoms with E-state index in [-0.39, 0.29) is 5.76 Å². The minimum atomic E-state index is -2.14. The molecule has 5 rings (SSSR count). The van der Waals surface area contributed by atoms with Crippen LogP contribution < -0.4 is 0 Å². The second-order valence-corrected chi connectivity index (χ2v) is 7.08. The van der Waals surface area contributed by atoms with Gasteiger partial charge in [-0.1, -0.05) is 30.3 Å². The van der Waals surface area contributed by atoms with Gasteiger partial charge in [0.25, 0.3) is 0 Å². The van der Waals surface area contributed by atoms with E-state index in [9.17, 15) is 27.2 Å². The maximum Gasteiger partial charge on any atom is 0.201 e. The number of hydrogen-bond acceptors (Lipinski definition) is 3. The number of allylic oxidation sites excluding steroid dienone is 1. The van der Waals surface area contributed by atoms with Crippen LogP contribution in [0, 0.1) is 23.3 Å². The molecule has 0 saturated carbocycles. The molecule has 0 bridgehead atoms. The number of nitrogens with zero attached hydrogens (tertiary/aromatic N) is 1. The molecule has 0 radical (unpaired) electrons. The number of benzene rings is 2. The molecule has 0 N–H and O–H groups in total. The van der Waals surface area contributed by atoms with Gasteiger partial charge in [-0.05, 0) is 11.6 Å². The molecule has 0 amide bonds. The third kappa shape index (κ3) is 2.61. The zero-order valence-electron chi connectivity index (χ0n) is 15.8. The number of aryl methyl sites for hydroxylation is 1. The highest BCUT2D eigenvalue weighted by Crippen LogP contribution is 2.36. The Morgan fingerprint density at radius 2 is 1.42 bits per heavy atom. The summed E-state index contributed by atoms with van der Waals surface area (Å²) in [7, 11) is 1.80. The summed E-state index contributed by atoms with van der Waals surface area (Å²) >= 11 is 0. The van der Waals surface area contributed by atoms with E-state index in [0.29, 0.717) is 11.1 Å². The predicted octanol–water partition coefficient (Wildman–Crippen LogP) is 5.46. The zero-order chi connectivity index (χ0) is 22.0. The minimum Gasteiger partial charge on any atom is -0.455 e. The molecule has 0 spiro atoms. The summed E-state index contributed by atoms with van der Waals surface area (Å²) < 4.78 is 62.7. The predicted molar refractivity (Wildman–Crippen MR) is 104 cm³/mol. The van der Waals surface area contributed by atoms with Gasteiger partial charge < -0.3 is 8.98 Å². The van der Waals surface area contributed by atoms with Crippen molar-refractivity contribution in [1.29, 1.82) is 0 Å². The molecule has 0 unspecified atom stereocenters. The zero-order valence-corrected chi connectivity index (χ0v) is 15.8. The van der Waals surface area contributed by atoms with E-state index < -0.39 is 51.5 Å². The van der Waals surface area contributed by atoms with E-state index in [2.05, 4.69) is 0 Å². The van der Waals surface area contributed by atoms with Crippen LogP contribution in [0.3, 0.4) is 0 Å². The van der Waals surface area contributed by atoms with Crippen LogP contribution in [0.4, 0.5) is 17.6 Å². The fraction of sp³-hybridized carbons (Fsp3) is 0.0435. The fourth-order valence-electron chi connectivity index (χ4n) is 3.79. The lowest BCUT2D eigenvalue weighted by Crippen LogP contribution is -2.07. The summed E-state index contributed by atoms with van der Waals surface area (Å²) in [5.74, 6) is -10.5. The summed E-state index contributed by atoms with van der Waals surface area (Å²) in [6.45, 7) is 0. The summed E-state index contributed by atoms with van der Waals surface area (Å²) in [4.78, 5) is 25.0. The first-order valence-corrected chi connectivity index (χ1v) is 9.11. The molecule has 1 aliphatic carbocycles. The van der Waals surface area contributed by atoms with Crippen LogP contribution in [0.5, 0.6) is 0 Å². The highest BCUT2D eigenvalue weighted by atomic mass is 19.2. The van der Waals surface area contributed by atoms with Crippen molar-refractivity contribution in [1.82, 2.24) is 4.57 Å². The molecule has 4 nitrogen and oxygen atoms in total. The maximum atomic E-state index is 14.0. The Bertz CT molecular complexity index is 1410. The number of ketones is 2. The maximum absolute atomic E-state index is 14.0. The average Bonchev–Trinajstić information content (AvgIpc) is 3.38. The number of aromatic nitrogens is 1. The summed E-state index contributed by atoms with van der Waals surface area (Å²) in [5.41, 5.74) is 0.0472. The van der Waals surface area contributed by atoms with Crippen LogP contribution in [0.15, 0.2) is 52.5 Å². The number of rotatable bonds is 2. The van der Waals surface area contributed by atoms with Crippen molar-refractivity contribution in [3.8, 4) is 11.3 Å². The van der Waals surface area contributed by atoms with E-state index >= 15 is 0 Å². The third-order valence-corrected chi connectivity index (χ3v) is 5.32. The molecular weight excluding hydrogens is 414 g/mol. The number of halogens is 4. The van der Waals surface area contributed by atoms with Gasteiger partial charge in [0.2, 0.25) is 11.6 Å². The monoisotopic (exact) mass is 425 g/mol. The number of Topliss-reactive ketones (excluding diaryl/α,β-unsaturated/α-hetero) is 2. The van der Waals surface area contributed by atoms with Crippen molar-refractivity contribution in [2.24, 2.45) is 7.05 Å². The van der Waals surface area contributed by atoms with E-state index in [1.165, 1.54) is 0 Å². The van der Waals surface area contributed by atoms with Gasteiger partial charge in [0.15, 0.2) is 28.9 Å². The van der Waals surface area contributed by atoms with Gasteiger partial charge >= 0.3 is 0 Å². The van der Waals surface area contributed by atoms with Gasteiger partial charge in [-0.2, -0.15) is 0 Å². The second-order valence-electron chi connectivity index (χ2n) is 7.08. The lowest BCUT2D eigenvalue weighted by molar-refractivity contribution is 0.0988. The molecule has 31 heavy (non-hydrogen) atoms. The van der Waals surface area contributed by atoms with Crippen LogP contribution in [-0.4, -0.2) is 16.1 Å². The Balaban J connectivity index is 1.60. The average molecular weight is 425 g/mol. The Kier molecular flexibility index (Phi) is 4.01. The van der Waals surface area contributed by atoms with Crippen molar-refractivity contribution >= 4 is 28.7 Å². The van der Waals surface area contributed by atoms with Gasteiger partial charge in [0.1, 0.15) is 5.76 Å². The minimum absolute atomic E-state index is 0.0754. The van der Waals surface area contributed by atoms with Gasteiger partial charge in [0, 0.05) is 19.2 Å². The molecule has 154 valence electrons. The first-order valence-electron chi connectivity index (χ1n) is 9.11. The number of carbonyl (C=O) groups excluding carboxylic acids is 2. The number of carbonyl (C=O) groups is 2. The summed E-state index contributed by atoms with van der Waals surface area (Å²) in [6.07, 6.45) is 1.02. The van der Waals surface area contributed by atoms with Gasteiger partial charge in [0.05, 0.1) is 27.9 Å². The van der Waals surface area contributed by atoms with Gasteiger partial charge in [-0.15, -0.1) is 0 Å². The Labute approximate surface area is 172 Å². The molecule has 0 fully saturated rings. The molecule has 8 heteroatoms. The largest absolute Gasteiger partial charge is 0.455 e. The lowest BCUT2D eigenvalue weighted by atomic mass is 10.1. The standard InChI is InChI=1S/C23H11F4NO3/c1-28-13(10-5-3-2-4-6-10)9-15-14(28)8-11(31-15)7-12-22(29)16-17(23(12)30)19(25)21(27)20(26)18(16)24/h2-9H,1H3. The molecule has 0 saturated heterocycles. The first kappa shape index (κ1) is 19.0. The van der Waals surface area contributed by atoms with Crippen LogP contribution in [-0.2, 0) is 7.05 Å². The van der Waals surface area contributed by atoms with Gasteiger partial charge in [-0.25, -0.2) is 17.6 Å². The van der Waals surface area contributed by atoms with Crippen LogP contribution >= 0.6 is 0 Å². The van der Waals surface area contributed by atoms with E-state index in [0.717, 1.165) is 17.3 Å². The van der Waals surface area contributed by atoms with E-state index in [4.69, 9.17) is 4.42 Å². The SMILES string of the molecule is Cn1c(-c2ccccc2)cc2oc(C=C3C(=O)c4c(F)c(F)c(F)c(F)c4C3=O)cc21. The van der Waals surface area contributed by atoms with E-state index in [1.54, 1.807) is 19.2 Å². The number of furan rings is 1. The Morgan fingerprint density at radius 1 is 0.839 bits per heavy atom. The molecule has 0 aliphatic heterocycles.